The van der Waals surface area contributed by atoms with Crippen molar-refractivity contribution in [3.05, 3.63) is 69.7 Å². The van der Waals surface area contributed by atoms with Gasteiger partial charge in [-0.2, -0.15) is 0 Å². The fourth-order valence-electron chi connectivity index (χ4n) is 5.67. The number of halogens is 2. The lowest BCUT2D eigenvalue weighted by molar-refractivity contribution is -0.118. The number of carbonyl (C=O) groups is 1. The molecule has 3 aromatic rings. The monoisotopic (exact) mass is 514 g/mol. The van der Waals surface area contributed by atoms with Crippen LogP contribution in [-0.2, 0) is 4.79 Å². The molecule has 5 heteroatoms. The molecule has 1 spiro atoms. The zero-order valence-electron chi connectivity index (χ0n) is 16.9. The third kappa shape index (κ3) is 3.41. The van der Waals surface area contributed by atoms with Crippen molar-refractivity contribution in [2.75, 3.05) is 5.32 Å². The lowest BCUT2D eigenvalue weighted by Gasteiger charge is -2.30. The van der Waals surface area contributed by atoms with E-state index in [-0.39, 0.29) is 23.1 Å². The third-order valence-electron chi connectivity index (χ3n) is 7.40. The fourth-order valence-corrected chi connectivity index (χ4v) is 6.03. The van der Waals surface area contributed by atoms with Crippen LogP contribution in [0.3, 0.4) is 0 Å². The van der Waals surface area contributed by atoms with Gasteiger partial charge in [0.2, 0.25) is 5.91 Å². The van der Waals surface area contributed by atoms with Gasteiger partial charge in [0, 0.05) is 26.8 Å². The number of anilines is 1. The molecule has 30 heavy (non-hydrogen) atoms. The number of nitrogens with zero attached hydrogens (tertiary/aromatic N) is 1. The molecule has 2 fully saturated rings. The van der Waals surface area contributed by atoms with Gasteiger partial charge in [-0.1, -0.05) is 6.92 Å². The molecule has 0 bridgehead atoms. The summed E-state index contributed by atoms with van der Waals surface area (Å²) in [6.07, 6.45) is 5.99. The van der Waals surface area contributed by atoms with Crippen molar-refractivity contribution in [1.29, 1.82) is 0 Å². The Morgan fingerprint density at radius 1 is 1.13 bits per heavy atom. The number of amides is 1. The highest BCUT2D eigenvalue weighted by molar-refractivity contribution is 14.1. The van der Waals surface area contributed by atoms with Crippen molar-refractivity contribution in [2.24, 2.45) is 17.3 Å². The number of hydrogen-bond donors (Lipinski definition) is 1. The molecule has 1 heterocycles. The van der Waals surface area contributed by atoms with Crippen LogP contribution in [0.5, 0.6) is 0 Å². The van der Waals surface area contributed by atoms with Crippen LogP contribution in [-0.4, -0.2) is 10.9 Å². The van der Waals surface area contributed by atoms with Crippen molar-refractivity contribution < 1.29 is 9.18 Å². The maximum atomic E-state index is 13.8. The number of nitrogens with one attached hydrogen (secondary N) is 1. The normalized spacial score (nSPS) is 27.9. The standard InChI is InChI=1S/C25H24FIN2O/c1-15-23(24(30)29-19-5-3-18(27)4-6-19)25(15)11-8-16(9-12-25)20-10-13-28-22-7-2-17(26)14-21(20)22/h2-7,10,13-16,23H,8-9,11-12H2,1H3,(H,29,30)/t15?,16-,23-,25+/m1/s1. The number of benzene rings is 2. The summed E-state index contributed by atoms with van der Waals surface area (Å²) in [7, 11) is 0. The van der Waals surface area contributed by atoms with Crippen LogP contribution < -0.4 is 5.32 Å². The highest BCUT2D eigenvalue weighted by atomic mass is 127. The van der Waals surface area contributed by atoms with Crippen molar-refractivity contribution in [2.45, 2.75) is 38.5 Å². The van der Waals surface area contributed by atoms with Crippen LogP contribution in [0.25, 0.3) is 10.9 Å². The number of aromatic nitrogens is 1. The summed E-state index contributed by atoms with van der Waals surface area (Å²) in [6.45, 7) is 2.22. The third-order valence-corrected chi connectivity index (χ3v) is 8.12. The number of carbonyl (C=O) groups excluding carboxylic acids is 1. The van der Waals surface area contributed by atoms with Crippen molar-refractivity contribution in [3.8, 4) is 0 Å². The Balaban J connectivity index is 1.29. The van der Waals surface area contributed by atoms with Crippen LogP contribution in [0.4, 0.5) is 10.1 Å². The lowest BCUT2D eigenvalue weighted by Crippen LogP contribution is -2.22. The predicted octanol–water partition coefficient (Wildman–Crippen LogP) is 6.53. The van der Waals surface area contributed by atoms with Crippen LogP contribution >= 0.6 is 22.6 Å². The molecule has 1 unspecified atom stereocenters. The highest BCUT2D eigenvalue weighted by Crippen LogP contribution is 2.67. The van der Waals surface area contributed by atoms with E-state index in [2.05, 4.69) is 39.8 Å². The van der Waals surface area contributed by atoms with Crippen LogP contribution in [0.1, 0.15) is 44.1 Å². The number of pyridine rings is 1. The Kier molecular flexibility index (Phi) is 5.04. The first kappa shape index (κ1) is 19.9. The van der Waals surface area contributed by atoms with Gasteiger partial charge in [0.1, 0.15) is 5.82 Å². The summed E-state index contributed by atoms with van der Waals surface area (Å²) in [4.78, 5) is 17.3. The summed E-state index contributed by atoms with van der Waals surface area (Å²) in [5.41, 5.74) is 3.04. The summed E-state index contributed by atoms with van der Waals surface area (Å²) in [6, 6.07) is 14.8. The van der Waals surface area contributed by atoms with E-state index in [4.69, 9.17) is 0 Å². The topological polar surface area (TPSA) is 42.0 Å². The number of hydrogen-bond acceptors (Lipinski definition) is 2. The Bertz CT molecular complexity index is 1110. The molecular formula is C25H24FIN2O. The molecule has 5 rings (SSSR count). The van der Waals surface area contributed by atoms with E-state index in [0.717, 1.165) is 45.8 Å². The van der Waals surface area contributed by atoms with E-state index in [9.17, 15) is 9.18 Å². The predicted molar refractivity (Wildman–Crippen MR) is 126 cm³/mol. The second-order valence-corrected chi connectivity index (χ2v) is 10.1. The molecule has 0 saturated heterocycles. The van der Waals surface area contributed by atoms with Gasteiger partial charge in [-0.05, 0) is 120 Å². The summed E-state index contributed by atoms with van der Waals surface area (Å²) in [5.74, 6) is 0.833. The largest absolute Gasteiger partial charge is 0.326 e. The van der Waals surface area contributed by atoms with Crippen LogP contribution in [0.2, 0.25) is 0 Å². The summed E-state index contributed by atoms with van der Waals surface area (Å²) in [5, 5.41) is 4.04. The van der Waals surface area contributed by atoms with Crippen LogP contribution in [0.15, 0.2) is 54.7 Å². The molecule has 0 aliphatic heterocycles. The molecule has 1 N–H and O–H groups in total. The SMILES string of the molecule is CC1[C@H](C(=O)Nc2ccc(I)cc2)[C@]12CC[C@@H](c1ccnc3ccc(F)cc31)CC2. The first-order valence-electron chi connectivity index (χ1n) is 10.6. The van der Waals surface area contributed by atoms with Crippen molar-refractivity contribution >= 4 is 45.1 Å². The van der Waals surface area contributed by atoms with E-state index >= 15 is 0 Å². The fraction of sp³-hybridized carbons (Fsp3) is 0.360. The maximum absolute atomic E-state index is 13.8. The van der Waals surface area contributed by atoms with Crippen molar-refractivity contribution in [3.63, 3.8) is 0 Å². The minimum absolute atomic E-state index is 0.0874. The molecule has 2 aromatic carbocycles. The Labute approximate surface area is 189 Å². The highest BCUT2D eigenvalue weighted by Gasteiger charge is 2.65. The second kappa shape index (κ2) is 7.59. The molecule has 1 aromatic heterocycles. The van der Waals surface area contributed by atoms with Crippen molar-refractivity contribution in [1.82, 2.24) is 4.98 Å². The molecule has 3 nitrogen and oxygen atoms in total. The molecule has 0 radical (unpaired) electrons. The minimum Gasteiger partial charge on any atom is -0.326 e. The first-order chi connectivity index (χ1) is 14.5. The van der Waals surface area contributed by atoms with Gasteiger partial charge in [0.25, 0.3) is 0 Å². The van der Waals surface area contributed by atoms with E-state index in [1.807, 2.05) is 36.5 Å². The molecule has 2 aliphatic rings. The van der Waals surface area contributed by atoms with E-state index < -0.39 is 0 Å². The average Bonchev–Trinajstić information content (AvgIpc) is 3.32. The van der Waals surface area contributed by atoms with E-state index in [0.29, 0.717) is 11.8 Å². The number of fused-ring (bicyclic) bond motifs is 1. The van der Waals surface area contributed by atoms with Crippen LogP contribution in [0, 0.1) is 26.6 Å². The molecule has 2 atom stereocenters. The molecule has 2 aliphatic carbocycles. The first-order valence-corrected chi connectivity index (χ1v) is 11.7. The zero-order chi connectivity index (χ0) is 20.9. The van der Waals surface area contributed by atoms with Gasteiger partial charge < -0.3 is 5.32 Å². The van der Waals surface area contributed by atoms with Gasteiger partial charge in [-0.15, -0.1) is 0 Å². The minimum atomic E-state index is -0.216. The summed E-state index contributed by atoms with van der Waals surface area (Å²) >= 11 is 2.27. The number of rotatable bonds is 3. The Morgan fingerprint density at radius 3 is 2.60 bits per heavy atom. The Morgan fingerprint density at radius 2 is 1.87 bits per heavy atom. The van der Waals surface area contributed by atoms with Gasteiger partial charge >= 0.3 is 0 Å². The molecule has 1 amide bonds. The molecular weight excluding hydrogens is 490 g/mol. The van der Waals surface area contributed by atoms with Gasteiger partial charge in [0.15, 0.2) is 0 Å². The quantitative estimate of drug-likeness (QED) is 0.404. The Hall–Kier alpha value is -2.02. The average molecular weight is 514 g/mol. The zero-order valence-corrected chi connectivity index (χ0v) is 19.0. The lowest BCUT2D eigenvalue weighted by atomic mass is 9.74. The second-order valence-electron chi connectivity index (χ2n) is 8.83. The smallest absolute Gasteiger partial charge is 0.228 e. The van der Waals surface area contributed by atoms with Gasteiger partial charge in [0.05, 0.1) is 5.52 Å². The van der Waals surface area contributed by atoms with Gasteiger partial charge in [-0.3, -0.25) is 9.78 Å². The van der Waals surface area contributed by atoms with Gasteiger partial charge in [-0.25, -0.2) is 4.39 Å². The molecule has 2 saturated carbocycles. The molecule has 154 valence electrons. The van der Waals surface area contributed by atoms with E-state index in [1.54, 1.807) is 12.1 Å². The van der Waals surface area contributed by atoms with E-state index in [1.165, 1.54) is 11.6 Å². The summed E-state index contributed by atoms with van der Waals surface area (Å²) < 4.78 is 15.0. The maximum Gasteiger partial charge on any atom is 0.228 e.